The summed E-state index contributed by atoms with van der Waals surface area (Å²) in [5.74, 6) is 1.45. The van der Waals surface area contributed by atoms with E-state index in [2.05, 4.69) is 0 Å². The second-order valence-electron chi connectivity index (χ2n) is 5.27. The van der Waals surface area contributed by atoms with Crippen LogP contribution >= 0.6 is 0 Å². The Morgan fingerprint density at radius 1 is 1.14 bits per heavy atom. The number of hydrogen-bond acceptors (Lipinski definition) is 3. The molecule has 0 fully saturated rings. The first kappa shape index (κ1) is 13.0. The first-order valence-corrected chi connectivity index (χ1v) is 7.23. The lowest BCUT2D eigenvalue weighted by Gasteiger charge is -2.14. The molecule has 0 radical (unpaired) electrons. The zero-order chi connectivity index (χ0) is 15.1. The number of hydrogen-bond donors (Lipinski definition) is 0. The molecule has 0 N–H and O–H groups in total. The van der Waals surface area contributed by atoms with Crippen LogP contribution in [0.15, 0.2) is 53.3 Å². The van der Waals surface area contributed by atoms with Gasteiger partial charge in [0.1, 0.15) is 11.5 Å². The second kappa shape index (κ2) is 4.91. The molecule has 2 heterocycles. The average molecular weight is 293 g/mol. The molecule has 0 aliphatic carbocycles. The molecule has 22 heavy (non-hydrogen) atoms. The molecule has 110 valence electrons. The average Bonchev–Trinajstić information content (AvgIpc) is 3.06. The molecule has 0 bridgehead atoms. The Kier molecular flexibility index (Phi) is 2.89. The molecule has 1 aliphatic heterocycles. The number of para-hydroxylation sites is 1. The van der Waals surface area contributed by atoms with Crippen LogP contribution in [0, 0.1) is 0 Å². The van der Waals surface area contributed by atoms with E-state index in [4.69, 9.17) is 9.47 Å². The van der Waals surface area contributed by atoms with E-state index in [1.54, 1.807) is 11.7 Å². The van der Waals surface area contributed by atoms with E-state index in [1.807, 2.05) is 48.5 Å². The van der Waals surface area contributed by atoms with Gasteiger partial charge in [0, 0.05) is 17.5 Å². The van der Waals surface area contributed by atoms with Crippen molar-refractivity contribution in [2.75, 3.05) is 13.7 Å². The van der Waals surface area contributed by atoms with Gasteiger partial charge in [0.15, 0.2) is 0 Å². The van der Waals surface area contributed by atoms with Crippen molar-refractivity contribution in [1.82, 2.24) is 4.57 Å². The van der Waals surface area contributed by atoms with E-state index in [0.29, 0.717) is 18.8 Å². The third kappa shape index (κ3) is 1.80. The number of pyridine rings is 1. The third-order valence-corrected chi connectivity index (χ3v) is 4.04. The highest BCUT2D eigenvalue weighted by Gasteiger charge is 2.23. The number of ether oxygens (including phenoxy) is 2. The normalized spacial score (nSPS) is 13.0. The van der Waals surface area contributed by atoms with Crippen molar-refractivity contribution < 1.29 is 9.47 Å². The highest BCUT2D eigenvalue weighted by Crippen LogP contribution is 2.34. The molecule has 3 aromatic rings. The smallest absolute Gasteiger partial charge is 0.262 e. The van der Waals surface area contributed by atoms with E-state index in [-0.39, 0.29) is 5.56 Å². The molecule has 2 aromatic carbocycles. The fourth-order valence-corrected chi connectivity index (χ4v) is 3.00. The minimum absolute atomic E-state index is 0.00336. The summed E-state index contributed by atoms with van der Waals surface area (Å²) in [5, 5.41) is 0.912. The van der Waals surface area contributed by atoms with Gasteiger partial charge < -0.3 is 9.47 Å². The Morgan fingerprint density at radius 2 is 1.95 bits per heavy atom. The van der Waals surface area contributed by atoms with Crippen molar-refractivity contribution in [3.8, 4) is 17.2 Å². The molecule has 1 aliphatic rings. The van der Waals surface area contributed by atoms with Crippen molar-refractivity contribution in [1.29, 1.82) is 0 Å². The molecule has 4 nitrogen and oxygen atoms in total. The van der Waals surface area contributed by atoms with Gasteiger partial charge in [0.25, 0.3) is 5.56 Å². The summed E-state index contributed by atoms with van der Waals surface area (Å²) in [4.78, 5) is 12.9. The van der Waals surface area contributed by atoms with Crippen molar-refractivity contribution in [3.63, 3.8) is 0 Å². The molecule has 4 rings (SSSR count). The SMILES string of the molecule is COc1ccc2c(c1)c1c(c(=O)n2-c2ccccc2)CCO1. The number of aromatic nitrogens is 1. The monoisotopic (exact) mass is 293 g/mol. The lowest BCUT2D eigenvalue weighted by atomic mass is 10.1. The van der Waals surface area contributed by atoms with Gasteiger partial charge in [-0.25, -0.2) is 0 Å². The molecular weight excluding hydrogens is 278 g/mol. The Bertz CT molecular complexity index is 913. The number of nitrogens with zero attached hydrogens (tertiary/aromatic N) is 1. The summed E-state index contributed by atoms with van der Waals surface area (Å²) in [7, 11) is 1.63. The van der Waals surface area contributed by atoms with Crippen molar-refractivity contribution in [2.45, 2.75) is 6.42 Å². The van der Waals surface area contributed by atoms with Crippen LogP contribution in [0.2, 0.25) is 0 Å². The molecule has 0 spiro atoms. The third-order valence-electron chi connectivity index (χ3n) is 4.04. The maximum absolute atomic E-state index is 12.9. The van der Waals surface area contributed by atoms with Gasteiger partial charge in [0.05, 0.1) is 24.8 Å². The van der Waals surface area contributed by atoms with Crippen LogP contribution in [0.3, 0.4) is 0 Å². The number of rotatable bonds is 2. The topological polar surface area (TPSA) is 40.5 Å². The van der Waals surface area contributed by atoms with Crippen LogP contribution in [-0.2, 0) is 6.42 Å². The van der Waals surface area contributed by atoms with E-state index in [9.17, 15) is 4.79 Å². The highest BCUT2D eigenvalue weighted by atomic mass is 16.5. The molecule has 0 atom stereocenters. The van der Waals surface area contributed by atoms with Crippen LogP contribution in [0.1, 0.15) is 5.56 Å². The summed E-state index contributed by atoms with van der Waals surface area (Å²) in [5.41, 5.74) is 2.43. The van der Waals surface area contributed by atoms with E-state index in [0.717, 1.165) is 27.9 Å². The summed E-state index contributed by atoms with van der Waals surface area (Å²) in [6, 6.07) is 15.4. The van der Waals surface area contributed by atoms with Gasteiger partial charge in [-0.3, -0.25) is 9.36 Å². The first-order chi connectivity index (χ1) is 10.8. The van der Waals surface area contributed by atoms with Crippen LogP contribution in [0.25, 0.3) is 16.6 Å². The predicted molar refractivity (Wildman–Crippen MR) is 85.3 cm³/mol. The summed E-state index contributed by atoms with van der Waals surface area (Å²) < 4.78 is 12.8. The van der Waals surface area contributed by atoms with Crippen molar-refractivity contribution in [2.24, 2.45) is 0 Å². The molecular formula is C18H15NO3. The van der Waals surface area contributed by atoms with Gasteiger partial charge in [-0.15, -0.1) is 0 Å². The van der Waals surface area contributed by atoms with Gasteiger partial charge in [-0.05, 0) is 30.3 Å². The number of methoxy groups -OCH3 is 1. The van der Waals surface area contributed by atoms with Gasteiger partial charge in [-0.2, -0.15) is 0 Å². The van der Waals surface area contributed by atoms with E-state index < -0.39 is 0 Å². The maximum atomic E-state index is 12.9. The molecule has 1 aromatic heterocycles. The second-order valence-corrected chi connectivity index (χ2v) is 5.27. The maximum Gasteiger partial charge on any atom is 0.262 e. The summed E-state index contributed by atoms with van der Waals surface area (Å²) in [6.45, 7) is 0.551. The van der Waals surface area contributed by atoms with Crippen LogP contribution in [-0.4, -0.2) is 18.3 Å². The Balaban J connectivity index is 2.15. The first-order valence-electron chi connectivity index (χ1n) is 7.23. The fraction of sp³-hybridized carbons (Fsp3) is 0.167. The quantitative estimate of drug-likeness (QED) is 0.729. The Morgan fingerprint density at radius 3 is 2.73 bits per heavy atom. The zero-order valence-corrected chi connectivity index (χ0v) is 12.2. The largest absolute Gasteiger partial charge is 0.497 e. The highest BCUT2D eigenvalue weighted by molar-refractivity contribution is 5.89. The van der Waals surface area contributed by atoms with E-state index >= 15 is 0 Å². The number of benzene rings is 2. The molecule has 0 amide bonds. The number of fused-ring (bicyclic) bond motifs is 3. The molecule has 0 saturated carbocycles. The lowest BCUT2D eigenvalue weighted by Crippen LogP contribution is -2.21. The van der Waals surface area contributed by atoms with Gasteiger partial charge in [0.2, 0.25) is 0 Å². The van der Waals surface area contributed by atoms with Crippen LogP contribution in [0.5, 0.6) is 11.5 Å². The predicted octanol–water partition coefficient (Wildman–Crippen LogP) is 2.93. The van der Waals surface area contributed by atoms with Crippen molar-refractivity contribution >= 4 is 10.9 Å². The zero-order valence-electron chi connectivity index (χ0n) is 12.2. The molecule has 0 unspecified atom stereocenters. The molecule has 4 heteroatoms. The summed E-state index contributed by atoms with van der Waals surface area (Å²) in [6.07, 6.45) is 0.647. The summed E-state index contributed by atoms with van der Waals surface area (Å²) >= 11 is 0. The minimum atomic E-state index is -0.00336. The molecule has 0 saturated heterocycles. The Labute approximate surface area is 127 Å². The van der Waals surface area contributed by atoms with E-state index in [1.165, 1.54) is 0 Å². The van der Waals surface area contributed by atoms with Gasteiger partial charge in [-0.1, -0.05) is 18.2 Å². The lowest BCUT2D eigenvalue weighted by molar-refractivity contribution is 0.360. The van der Waals surface area contributed by atoms with Gasteiger partial charge >= 0.3 is 0 Å². The van der Waals surface area contributed by atoms with Crippen LogP contribution in [0.4, 0.5) is 0 Å². The Hall–Kier alpha value is -2.75. The fourth-order valence-electron chi connectivity index (χ4n) is 3.00. The standard InChI is InChI=1S/C18H15NO3/c1-21-13-7-8-16-15(11-13)17-14(9-10-22-17)18(20)19(16)12-5-3-2-4-6-12/h2-8,11H,9-10H2,1H3. The van der Waals surface area contributed by atoms with Crippen LogP contribution < -0.4 is 15.0 Å². The minimum Gasteiger partial charge on any atom is -0.497 e. The van der Waals surface area contributed by atoms with Crippen molar-refractivity contribution in [3.05, 3.63) is 64.4 Å².